The number of carbonyl (C=O) groups is 1. The Morgan fingerprint density at radius 1 is 1.00 bits per heavy atom. The van der Waals surface area contributed by atoms with E-state index in [-0.39, 0.29) is 13.1 Å². The van der Waals surface area contributed by atoms with E-state index >= 15 is 0 Å². The highest BCUT2D eigenvalue weighted by molar-refractivity contribution is 7.87. The SMILES string of the molecule is C[C@@H](NS(=O)(=O)N1CCN(c2ccc(C#Cc3ccc4c(c3)C(=NCc3ccccc3)CCO4)cc2)CC1)C(=O)O. The molecule has 3 aromatic rings. The number of nitrogens with one attached hydrogen (secondary N) is 1. The van der Waals surface area contributed by atoms with Gasteiger partial charge in [0.25, 0.3) is 10.2 Å². The van der Waals surface area contributed by atoms with Gasteiger partial charge >= 0.3 is 5.97 Å². The molecule has 212 valence electrons. The third-order valence-electron chi connectivity index (χ3n) is 7.04. The Morgan fingerprint density at radius 2 is 1.68 bits per heavy atom. The second-order valence-corrected chi connectivity index (χ2v) is 11.6. The zero-order chi connectivity index (χ0) is 28.8. The van der Waals surface area contributed by atoms with Crippen LogP contribution >= 0.6 is 0 Å². The van der Waals surface area contributed by atoms with Crippen LogP contribution < -0.4 is 14.4 Å². The van der Waals surface area contributed by atoms with E-state index in [1.54, 1.807) is 0 Å². The van der Waals surface area contributed by atoms with E-state index in [2.05, 4.69) is 33.6 Å². The summed E-state index contributed by atoms with van der Waals surface area (Å²) >= 11 is 0. The number of hydrogen-bond acceptors (Lipinski definition) is 6. The molecule has 5 rings (SSSR count). The van der Waals surface area contributed by atoms with Crippen molar-refractivity contribution in [2.75, 3.05) is 37.7 Å². The van der Waals surface area contributed by atoms with Gasteiger partial charge in [-0.1, -0.05) is 42.2 Å². The minimum Gasteiger partial charge on any atom is -0.492 e. The van der Waals surface area contributed by atoms with Crippen LogP contribution in [0.4, 0.5) is 5.69 Å². The number of anilines is 1. The summed E-state index contributed by atoms with van der Waals surface area (Å²) in [4.78, 5) is 18.0. The van der Waals surface area contributed by atoms with Crippen LogP contribution in [0.1, 0.15) is 35.6 Å². The van der Waals surface area contributed by atoms with Gasteiger partial charge in [0.1, 0.15) is 11.8 Å². The van der Waals surface area contributed by atoms with Gasteiger partial charge < -0.3 is 14.7 Å². The van der Waals surface area contributed by atoms with Crippen LogP contribution in [0.15, 0.2) is 77.8 Å². The van der Waals surface area contributed by atoms with Gasteiger partial charge in [0.05, 0.1) is 13.2 Å². The van der Waals surface area contributed by atoms with Crippen LogP contribution in [-0.4, -0.2) is 68.3 Å². The molecule has 0 aliphatic carbocycles. The standard InChI is InChI=1S/C31H32N4O5S/c1-23(31(36)37)33-41(38,39)35-18-16-34(17-19-35)27-12-9-24(10-13-27)7-8-25-11-14-30-28(21-25)29(15-20-40-30)32-22-26-5-3-2-4-6-26/h2-6,9-14,21,23,33H,15-20,22H2,1H3,(H,36,37)/t23-/m1/s1. The second-order valence-electron chi connectivity index (χ2n) is 9.92. The summed E-state index contributed by atoms with van der Waals surface area (Å²) in [5.74, 6) is 6.10. The van der Waals surface area contributed by atoms with Gasteiger partial charge in [-0.15, -0.1) is 0 Å². The summed E-state index contributed by atoms with van der Waals surface area (Å²) in [6.07, 6.45) is 0.760. The Bertz CT molecular complexity index is 1590. The zero-order valence-corrected chi connectivity index (χ0v) is 23.6. The van der Waals surface area contributed by atoms with Gasteiger partial charge in [-0.25, -0.2) is 0 Å². The van der Waals surface area contributed by atoms with E-state index in [0.29, 0.717) is 26.2 Å². The molecular weight excluding hydrogens is 540 g/mol. The first-order chi connectivity index (χ1) is 19.8. The number of carboxylic acids is 1. The molecular formula is C31H32N4O5S. The Labute approximate surface area is 240 Å². The lowest BCUT2D eigenvalue weighted by molar-refractivity contribution is -0.138. The molecule has 2 aliphatic heterocycles. The summed E-state index contributed by atoms with van der Waals surface area (Å²) in [5, 5.41) is 9.00. The molecule has 2 N–H and O–H groups in total. The Kier molecular flexibility index (Phi) is 8.69. The fourth-order valence-electron chi connectivity index (χ4n) is 4.72. The number of nitrogens with zero attached hydrogens (tertiary/aromatic N) is 3. The number of ether oxygens (including phenoxy) is 1. The van der Waals surface area contributed by atoms with E-state index in [1.165, 1.54) is 16.8 Å². The lowest BCUT2D eigenvalue weighted by Gasteiger charge is -2.35. The number of rotatable bonds is 7. The van der Waals surface area contributed by atoms with Crippen molar-refractivity contribution in [1.82, 2.24) is 9.03 Å². The molecule has 0 saturated carbocycles. The predicted octanol–water partition coefficient (Wildman–Crippen LogP) is 3.29. The number of hydrogen-bond donors (Lipinski definition) is 2. The summed E-state index contributed by atoms with van der Waals surface area (Å²) in [6, 6.07) is 22.8. The highest BCUT2D eigenvalue weighted by Gasteiger charge is 2.29. The Balaban J connectivity index is 1.22. The van der Waals surface area contributed by atoms with Gasteiger partial charge in [0.2, 0.25) is 0 Å². The van der Waals surface area contributed by atoms with Crippen molar-refractivity contribution in [3.63, 3.8) is 0 Å². The number of aliphatic imine (C=N–C) groups is 1. The molecule has 0 bridgehead atoms. The molecule has 9 nitrogen and oxygen atoms in total. The molecule has 2 aliphatic rings. The third-order valence-corrected chi connectivity index (χ3v) is 8.74. The number of piperazine rings is 1. The minimum atomic E-state index is -3.86. The van der Waals surface area contributed by atoms with Gasteiger partial charge in [-0.3, -0.25) is 9.79 Å². The van der Waals surface area contributed by atoms with Gasteiger partial charge in [-0.2, -0.15) is 17.4 Å². The first-order valence-electron chi connectivity index (χ1n) is 13.5. The van der Waals surface area contributed by atoms with Crippen molar-refractivity contribution in [2.24, 2.45) is 4.99 Å². The van der Waals surface area contributed by atoms with Crippen LogP contribution in [0.3, 0.4) is 0 Å². The van der Waals surface area contributed by atoms with Crippen molar-refractivity contribution in [3.05, 3.63) is 95.1 Å². The highest BCUT2D eigenvalue weighted by Crippen LogP contribution is 2.27. The number of fused-ring (bicyclic) bond motifs is 1. The van der Waals surface area contributed by atoms with Gasteiger partial charge in [0.15, 0.2) is 0 Å². The number of carboxylic acid groups (broad SMARTS) is 1. The molecule has 0 aromatic heterocycles. The normalized spacial score (nSPS) is 17.2. The average molecular weight is 573 g/mol. The van der Waals surface area contributed by atoms with Crippen molar-refractivity contribution < 1.29 is 23.1 Å². The molecule has 10 heteroatoms. The van der Waals surface area contributed by atoms with Gasteiger partial charge in [-0.05, 0) is 55.0 Å². The smallest absolute Gasteiger partial charge is 0.321 e. The average Bonchev–Trinajstić information content (AvgIpc) is 2.99. The lowest BCUT2D eigenvalue weighted by atomic mass is 10.0. The van der Waals surface area contributed by atoms with Crippen LogP contribution in [0.25, 0.3) is 0 Å². The molecule has 0 amide bonds. The third kappa shape index (κ3) is 7.13. The molecule has 0 spiro atoms. The molecule has 0 unspecified atom stereocenters. The largest absolute Gasteiger partial charge is 0.492 e. The fraction of sp³-hybridized carbons (Fsp3) is 0.290. The van der Waals surface area contributed by atoms with E-state index in [9.17, 15) is 13.2 Å². The Hall–Kier alpha value is -4.17. The zero-order valence-electron chi connectivity index (χ0n) is 22.8. The van der Waals surface area contributed by atoms with Crippen molar-refractivity contribution in [3.8, 4) is 17.6 Å². The van der Waals surface area contributed by atoms with Crippen molar-refractivity contribution in [2.45, 2.75) is 25.9 Å². The quantitative estimate of drug-likeness (QED) is 0.421. The molecule has 1 saturated heterocycles. The summed E-state index contributed by atoms with van der Waals surface area (Å²) in [5.41, 5.74) is 5.92. The van der Waals surface area contributed by atoms with Crippen LogP contribution in [-0.2, 0) is 21.5 Å². The topological polar surface area (TPSA) is 112 Å². The molecule has 2 heterocycles. The summed E-state index contributed by atoms with van der Waals surface area (Å²) in [6.45, 7) is 4.08. The number of aliphatic carboxylic acids is 1. The molecule has 1 fully saturated rings. The van der Waals surface area contributed by atoms with E-state index in [4.69, 9.17) is 14.8 Å². The molecule has 41 heavy (non-hydrogen) atoms. The Morgan fingerprint density at radius 3 is 2.39 bits per heavy atom. The monoisotopic (exact) mass is 572 g/mol. The van der Waals surface area contributed by atoms with Crippen LogP contribution in [0.2, 0.25) is 0 Å². The minimum absolute atomic E-state index is 0.266. The van der Waals surface area contributed by atoms with Crippen molar-refractivity contribution >= 4 is 27.6 Å². The maximum absolute atomic E-state index is 12.5. The maximum atomic E-state index is 12.5. The fourth-order valence-corrected chi connectivity index (χ4v) is 6.06. The molecule has 3 aromatic carbocycles. The molecule has 0 radical (unpaired) electrons. The van der Waals surface area contributed by atoms with E-state index < -0.39 is 22.2 Å². The van der Waals surface area contributed by atoms with E-state index in [1.807, 2.05) is 60.7 Å². The summed E-state index contributed by atoms with van der Waals surface area (Å²) in [7, 11) is -3.86. The molecule has 1 atom stereocenters. The lowest BCUT2D eigenvalue weighted by Crippen LogP contribution is -2.54. The van der Waals surface area contributed by atoms with Gasteiger partial charge in [0, 0.05) is 60.7 Å². The van der Waals surface area contributed by atoms with Crippen molar-refractivity contribution in [1.29, 1.82) is 0 Å². The maximum Gasteiger partial charge on any atom is 0.321 e. The summed E-state index contributed by atoms with van der Waals surface area (Å²) < 4.78 is 34.3. The van der Waals surface area contributed by atoms with Crippen LogP contribution in [0.5, 0.6) is 5.75 Å². The number of benzene rings is 3. The highest BCUT2D eigenvalue weighted by atomic mass is 32.2. The predicted molar refractivity (Wildman–Crippen MR) is 159 cm³/mol. The van der Waals surface area contributed by atoms with Crippen LogP contribution in [0, 0.1) is 11.8 Å². The van der Waals surface area contributed by atoms with E-state index in [0.717, 1.165) is 40.3 Å². The first-order valence-corrected chi connectivity index (χ1v) is 14.9. The second kappa shape index (κ2) is 12.6. The first kappa shape index (κ1) is 28.4.